The Balaban J connectivity index is 1.64. The van der Waals surface area contributed by atoms with Crippen LogP contribution in [0.5, 0.6) is 17.2 Å². The van der Waals surface area contributed by atoms with E-state index in [0.29, 0.717) is 29.4 Å². The van der Waals surface area contributed by atoms with E-state index in [9.17, 15) is 4.79 Å². The van der Waals surface area contributed by atoms with Crippen LogP contribution < -0.4 is 19.5 Å². The number of para-hydroxylation sites is 2. The molecule has 30 heavy (non-hydrogen) atoms. The van der Waals surface area contributed by atoms with Gasteiger partial charge in [0.05, 0.1) is 32.4 Å². The molecular formula is C23H29N3O4. The highest BCUT2D eigenvalue weighted by molar-refractivity contribution is 5.95. The monoisotopic (exact) mass is 411 g/mol. The number of hydrogen-bond acceptors (Lipinski definition) is 5. The largest absolute Gasteiger partial charge is 0.493 e. The zero-order chi connectivity index (χ0) is 21.5. The average molecular weight is 412 g/mol. The van der Waals surface area contributed by atoms with Crippen LogP contribution in [0.1, 0.15) is 35.9 Å². The predicted molar refractivity (Wildman–Crippen MR) is 117 cm³/mol. The van der Waals surface area contributed by atoms with Crippen LogP contribution in [0.2, 0.25) is 0 Å². The van der Waals surface area contributed by atoms with E-state index in [0.717, 1.165) is 42.7 Å². The Morgan fingerprint density at radius 2 is 1.77 bits per heavy atom. The van der Waals surface area contributed by atoms with Crippen LogP contribution >= 0.6 is 0 Å². The number of ether oxygens (including phenoxy) is 3. The molecule has 0 spiro atoms. The van der Waals surface area contributed by atoms with E-state index in [1.54, 1.807) is 12.1 Å². The minimum absolute atomic E-state index is 0.184. The van der Waals surface area contributed by atoms with Crippen molar-refractivity contribution in [3.05, 3.63) is 47.8 Å². The zero-order valence-corrected chi connectivity index (χ0v) is 18.0. The lowest BCUT2D eigenvalue weighted by Gasteiger charge is -2.14. The fourth-order valence-corrected chi connectivity index (χ4v) is 3.55. The van der Waals surface area contributed by atoms with Gasteiger partial charge < -0.3 is 24.1 Å². The summed E-state index contributed by atoms with van der Waals surface area (Å²) >= 11 is 0. The van der Waals surface area contributed by atoms with E-state index in [4.69, 9.17) is 19.2 Å². The second kappa shape index (κ2) is 10.0. The predicted octanol–water partition coefficient (Wildman–Crippen LogP) is 3.83. The first-order chi connectivity index (χ1) is 14.6. The summed E-state index contributed by atoms with van der Waals surface area (Å²) in [5, 5.41) is 2.97. The first kappa shape index (κ1) is 21.5. The number of imidazole rings is 1. The van der Waals surface area contributed by atoms with Crippen molar-refractivity contribution in [2.24, 2.45) is 0 Å². The number of benzene rings is 2. The van der Waals surface area contributed by atoms with Crippen molar-refractivity contribution in [2.45, 2.75) is 32.7 Å². The molecule has 3 aromatic rings. The molecular weight excluding hydrogens is 382 g/mol. The molecule has 0 fully saturated rings. The Hall–Kier alpha value is -3.22. The van der Waals surface area contributed by atoms with Gasteiger partial charge in [0.1, 0.15) is 5.82 Å². The van der Waals surface area contributed by atoms with E-state index in [1.807, 2.05) is 18.2 Å². The van der Waals surface area contributed by atoms with Gasteiger partial charge in [-0.25, -0.2) is 4.98 Å². The van der Waals surface area contributed by atoms with Gasteiger partial charge in [0.15, 0.2) is 11.5 Å². The van der Waals surface area contributed by atoms with E-state index < -0.39 is 0 Å². The normalized spacial score (nSPS) is 10.8. The maximum Gasteiger partial charge on any atom is 0.251 e. The van der Waals surface area contributed by atoms with E-state index >= 15 is 0 Å². The lowest BCUT2D eigenvalue weighted by Crippen LogP contribution is -2.25. The second-order valence-corrected chi connectivity index (χ2v) is 6.94. The third-order valence-electron chi connectivity index (χ3n) is 4.97. The number of fused-ring (bicyclic) bond motifs is 1. The van der Waals surface area contributed by atoms with Crippen LogP contribution in [-0.2, 0) is 13.0 Å². The Morgan fingerprint density at radius 1 is 1.07 bits per heavy atom. The Labute approximate surface area is 177 Å². The van der Waals surface area contributed by atoms with Crippen LogP contribution in [-0.4, -0.2) is 43.3 Å². The maximum atomic E-state index is 12.6. The van der Waals surface area contributed by atoms with Crippen LogP contribution in [0.4, 0.5) is 0 Å². The topological polar surface area (TPSA) is 74.6 Å². The third-order valence-corrected chi connectivity index (χ3v) is 4.97. The molecule has 0 bridgehead atoms. The highest BCUT2D eigenvalue weighted by Crippen LogP contribution is 2.38. The lowest BCUT2D eigenvalue weighted by molar-refractivity contribution is 0.0952. The molecule has 7 heteroatoms. The summed E-state index contributed by atoms with van der Waals surface area (Å²) in [5.41, 5.74) is 2.64. The summed E-state index contributed by atoms with van der Waals surface area (Å²) in [5.74, 6) is 2.24. The Morgan fingerprint density at radius 3 is 2.40 bits per heavy atom. The number of aryl methyl sites for hydroxylation is 2. The Bertz CT molecular complexity index is 988. The van der Waals surface area contributed by atoms with Gasteiger partial charge in [0.2, 0.25) is 5.75 Å². The fraction of sp³-hybridized carbons (Fsp3) is 0.391. The number of rotatable bonds is 10. The summed E-state index contributed by atoms with van der Waals surface area (Å²) in [7, 11) is 4.59. The van der Waals surface area contributed by atoms with E-state index in [2.05, 4.69) is 22.9 Å². The number of nitrogens with zero attached hydrogens (tertiary/aromatic N) is 2. The standard InChI is InChI=1S/C23H29N3O4/c1-5-13-26-18-10-7-6-9-17(18)25-21(26)11-8-12-24-23(27)16-14-19(28-2)22(30-4)20(15-16)29-3/h6-7,9-10,14-15H,5,8,11-13H2,1-4H3,(H,24,27). The minimum Gasteiger partial charge on any atom is -0.493 e. The number of aromatic nitrogens is 2. The molecule has 2 aromatic carbocycles. The van der Waals surface area contributed by atoms with E-state index in [-0.39, 0.29) is 5.91 Å². The van der Waals surface area contributed by atoms with Gasteiger partial charge in [0.25, 0.3) is 5.91 Å². The summed E-state index contributed by atoms with van der Waals surface area (Å²) in [6.45, 7) is 3.65. The summed E-state index contributed by atoms with van der Waals surface area (Å²) in [6, 6.07) is 11.5. The van der Waals surface area contributed by atoms with Crippen molar-refractivity contribution < 1.29 is 19.0 Å². The van der Waals surface area contributed by atoms with Crippen molar-refractivity contribution in [1.82, 2.24) is 14.9 Å². The average Bonchev–Trinajstić information content (AvgIpc) is 3.13. The second-order valence-electron chi connectivity index (χ2n) is 6.94. The quantitative estimate of drug-likeness (QED) is 0.513. The molecule has 1 aromatic heterocycles. The molecule has 0 aliphatic rings. The van der Waals surface area contributed by atoms with Crippen LogP contribution in [0.3, 0.4) is 0 Å². The van der Waals surface area contributed by atoms with Crippen molar-refractivity contribution in [2.75, 3.05) is 27.9 Å². The highest BCUT2D eigenvalue weighted by Gasteiger charge is 2.17. The van der Waals surface area contributed by atoms with Crippen molar-refractivity contribution in [3.8, 4) is 17.2 Å². The summed E-state index contributed by atoms with van der Waals surface area (Å²) in [6.07, 6.45) is 2.64. The Kier molecular flexibility index (Phi) is 7.17. The van der Waals surface area contributed by atoms with Gasteiger partial charge >= 0.3 is 0 Å². The smallest absolute Gasteiger partial charge is 0.251 e. The van der Waals surface area contributed by atoms with Gasteiger partial charge in [0, 0.05) is 25.1 Å². The molecule has 0 aliphatic heterocycles. The van der Waals surface area contributed by atoms with Gasteiger partial charge in [-0.3, -0.25) is 4.79 Å². The lowest BCUT2D eigenvalue weighted by atomic mass is 10.1. The van der Waals surface area contributed by atoms with Gasteiger partial charge in [-0.15, -0.1) is 0 Å². The minimum atomic E-state index is -0.184. The van der Waals surface area contributed by atoms with Gasteiger partial charge in [-0.2, -0.15) is 0 Å². The number of carbonyl (C=O) groups is 1. The molecule has 7 nitrogen and oxygen atoms in total. The molecule has 0 unspecified atom stereocenters. The highest BCUT2D eigenvalue weighted by atomic mass is 16.5. The molecule has 0 atom stereocenters. The molecule has 0 aliphatic carbocycles. The first-order valence-electron chi connectivity index (χ1n) is 10.1. The molecule has 0 radical (unpaired) electrons. The van der Waals surface area contributed by atoms with E-state index in [1.165, 1.54) is 21.3 Å². The van der Waals surface area contributed by atoms with Crippen LogP contribution in [0, 0.1) is 0 Å². The molecule has 1 amide bonds. The number of methoxy groups -OCH3 is 3. The van der Waals surface area contributed by atoms with Crippen molar-refractivity contribution >= 4 is 16.9 Å². The molecule has 160 valence electrons. The number of amides is 1. The van der Waals surface area contributed by atoms with Crippen molar-refractivity contribution in [1.29, 1.82) is 0 Å². The SMILES string of the molecule is CCCn1c(CCCNC(=O)c2cc(OC)c(OC)c(OC)c2)nc2ccccc21. The number of nitrogens with one attached hydrogen (secondary N) is 1. The van der Waals surface area contributed by atoms with Gasteiger partial charge in [-0.1, -0.05) is 19.1 Å². The molecule has 3 rings (SSSR count). The maximum absolute atomic E-state index is 12.6. The summed E-state index contributed by atoms with van der Waals surface area (Å²) < 4.78 is 18.2. The zero-order valence-electron chi connectivity index (χ0n) is 18.0. The number of carbonyl (C=O) groups excluding carboxylic acids is 1. The molecule has 0 saturated heterocycles. The van der Waals surface area contributed by atoms with Gasteiger partial charge in [-0.05, 0) is 37.1 Å². The third kappa shape index (κ3) is 4.50. The first-order valence-corrected chi connectivity index (χ1v) is 10.1. The molecule has 1 N–H and O–H groups in total. The molecule has 1 heterocycles. The van der Waals surface area contributed by atoms with Crippen molar-refractivity contribution in [3.63, 3.8) is 0 Å². The van der Waals surface area contributed by atoms with Crippen LogP contribution in [0.15, 0.2) is 36.4 Å². The fourth-order valence-electron chi connectivity index (χ4n) is 3.55. The van der Waals surface area contributed by atoms with Crippen LogP contribution in [0.25, 0.3) is 11.0 Å². The summed E-state index contributed by atoms with van der Waals surface area (Å²) in [4.78, 5) is 17.4. The number of hydrogen-bond donors (Lipinski definition) is 1. The molecule has 0 saturated carbocycles.